The molecule has 6 nitrogen and oxygen atoms in total. The topological polar surface area (TPSA) is 58.1 Å². The lowest BCUT2D eigenvalue weighted by Gasteiger charge is -2.20. The first-order valence-electron chi connectivity index (χ1n) is 8.10. The number of aliphatic imine (C=N–C) groups is 1. The zero-order valence-corrected chi connectivity index (χ0v) is 17.7. The summed E-state index contributed by atoms with van der Waals surface area (Å²) in [6.45, 7) is 5.65. The third-order valence-electron chi connectivity index (χ3n) is 3.41. The number of guanidine groups is 1. The number of methoxy groups -OCH3 is 1. The summed E-state index contributed by atoms with van der Waals surface area (Å²) in [5.74, 6) is 0.597. The second-order valence-corrected chi connectivity index (χ2v) is 5.53. The molecule has 1 aromatic carbocycles. The molecule has 144 valence electrons. The average molecular weight is 468 g/mol. The lowest BCUT2D eigenvalue weighted by atomic mass is 10.3. The number of halogens is 2. The van der Waals surface area contributed by atoms with E-state index in [0.29, 0.717) is 19.1 Å². The van der Waals surface area contributed by atoms with Crippen LogP contribution in [0, 0.1) is 5.82 Å². The summed E-state index contributed by atoms with van der Waals surface area (Å²) in [7, 11) is 5.45. The average Bonchev–Trinajstić information content (AvgIpc) is 2.58. The first kappa shape index (κ1) is 23.9. The lowest BCUT2D eigenvalue weighted by molar-refractivity contribution is 0.162. The van der Waals surface area contributed by atoms with E-state index in [4.69, 9.17) is 9.47 Å². The molecule has 1 unspecified atom stereocenters. The van der Waals surface area contributed by atoms with Crippen molar-refractivity contribution < 1.29 is 13.9 Å². The van der Waals surface area contributed by atoms with Crippen LogP contribution in [0.3, 0.4) is 0 Å². The van der Waals surface area contributed by atoms with Gasteiger partial charge in [0, 0.05) is 33.8 Å². The summed E-state index contributed by atoms with van der Waals surface area (Å²) in [6, 6.07) is 6.39. The summed E-state index contributed by atoms with van der Waals surface area (Å²) in [6.07, 6.45) is -0.190. The SMILES string of the molecule is CN=C(NCCN(C)CCOC)NCC(C)Oc1ccccc1F.I. The van der Waals surface area contributed by atoms with E-state index in [2.05, 4.69) is 20.5 Å². The first-order valence-corrected chi connectivity index (χ1v) is 8.10. The summed E-state index contributed by atoms with van der Waals surface area (Å²) in [5.41, 5.74) is 0. The highest BCUT2D eigenvalue weighted by Gasteiger charge is 2.08. The molecule has 1 rings (SSSR count). The van der Waals surface area contributed by atoms with Crippen LogP contribution in [0.2, 0.25) is 0 Å². The van der Waals surface area contributed by atoms with Crippen LogP contribution >= 0.6 is 24.0 Å². The molecule has 1 atom stereocenters. The fourth-order valence-electron chi connectivity index (χ4n) is 1.98. The smallest absolute Gasteiger partial charge is 0.191 e. The van der Waals surface area contributed by atoms with Crippen molar-refractivity contribution in [1.29, 1.82) is 0 Å². The molecule has 2 N–H and O–H groups in total. The third kappa shape index (κ3) is 10.5. The fourth-order valence-corrected chi connectivity index (χ4v) is 1.98. The number of likely N-dealkylation sites (N-methyl/N-ethyl adjacent to an activating group) is 1. The molecule has 0 bridgehead atoms. The van der Waals surface area contributed by atoms with E-state index in [-0.39, 0.29) is 41.6 Å². The molecule has 0 aromatic heterocycles. The maximum atomic E-state index is 13.6. The standard InChI is InChI=1S/C17H29FN4O2.HI/c1-14(24-16-8-6-5-7-15(16)18)13-21-17(19-2)20-9-10-22(3)11-12-23-4;/h5-8,14H,9-13H2,1-4H3,(H2,19,20,21);1H. The van der Waals surface area contributed by atoms with Crippen molar-refractivity contribution in [2.75, 3.05) is 54.0 Å². The van der Waals surface area contributed by atoms with Crippen LogP contribution in [0.25, 0.3) is 0 Å². The number of benzene rings is 1. The highest BCUT2D eigenvalue weighted by atomic mass is 127. The van der Waals surface area contributed by atoms with Gasteiger partial charge >= 0.3 is 0 Å². The monoisotopic (exact) mass is 468 g/mol. The Balaban J connectivity index is 0.00000576. The number of para-hydroxylation sites is 1. The van der Waals surface area contributed by atoms with Crippen LogP contribution in [-0.4, -0.2) is 71.0 Å². The normalized spacial score (nSPS) is 12.5. The number of hydrogen-bond acceptors (Lipinski definition) is 4. The van der Waals surface area contributed by atoms with Gasteiger partial charge < -0.3 is 25.0 Å². The molecule has 0 aliphatic rings. The van der Waals surface area contributed by atoms with Crippen molar-refractivity contribution in [2.45, 2.75) is 13.0 Å². The van der Waals surface area contributed by atoms with Crippen molar-refractivity contribution in [3.63, 3.8) is 0 Å². The number of ether oxygens (including phenoxy) is 2. The Bertz CT molecular complexity index is 505. The molecule has 0 heterocycles. The van der Waals surface area contributed by atoms with Crippen LogP contribution in [0.4, 0.5) is 4.39 Å². The Hall–Kier alpha value is -1.13. The van der Waals surface area contributed by atoms with Crippen molar-refractivity contribution in [1.82, 2.24) is 15.5 Å². The van der Waals surface area contributed by atoms with Crippen LogP contribution in [0.5, 0.6) is 5.75 Å². The van der Waals surface area contributed by atoms with Gasteiger partial charge in [0.1, 0.15) is 6.10 Å². The summed E-state index contributed by atoms with van der Waals surface area (Å²) in [4.78, 5) is 6.34. The van der Waals surface area contributed by atoms with Gasteiger partial charge in [-0.15, -0.1) is 24.0 Å². The Morgan fingerprint density at radius 3 is 2.64 bits per heavy atom. The predicted octanol–water partition coefficient (Wildman–Crippen LogP) is 1.95. The fraction of sp³-hybridized carbons (Fsp3) is 0.588. The van der Waals surface area contributed by atoms with E-state index in [1.165, 1.54) is 6.07 Å². The van der Waals surface area contributed by atoms with Gasteiger partial charge in [0.15, 0.2) is 17.5 Å². The second-order valence-electron chi connectivity index (χ2n) is 5.53. The Morgan fingerprint density at radius 1 is 1.28 bits per heavy atom. The minimum Gasteiger partial charge on any atom is -0.486 e. The Kier molecular flexibility index (Phi) is 13.4. The van der Waals surface area contributed by atoms with Gasteiger partial charge in [0.2, 0.25) is 0 Å². The molecule has 25 heavy (non-hydrogen) atoms. The van der Waals surface area contributed by atoms with E-state index >= 15 is 0 Å². The number of nitrogens with zero attached hydrogens (tertiary/aromatic N) is 2. The third-order valence-corrected chi connectivity index (χ3v) is 3.41. The molecule has 8 heteroatoms. The van der Waals surface area contributed by atoms with Crippen LogP contribution in [0.1, 0.15) is 6.92 Å². The van der Waals surface area contributed by atoms with Gasteiger partial charge in [-0.3, -0.25) is 4.99 Å². The molecular formula is C17H30FIN4O2. The zero-order chi connectivity index (χ0) is 17.8. The van der Waals surface area contributed by atoms with Gasteiger partial charge in [0.05, 0.1) is 13.2 Å². The molecule has 0 aliphatic heterocycles. The van der Waals surface area contributed by atoms with Crippen molar-refractivity contribution >= 4 is 29.9 Å². The van der Waals surface area contributed by atoms with Gasteiger partial charge in [-0.05, 0) is 26.1 Å². The predicted molar refractivity (Wildman–Crippen MR) is 111 cm³/mol. The lowest BCUT2D eigenvalue weighted by Crippen LogP contribution is -2.44. The van der Waals surface area contributed by atoms with E-state index in [1.807, 2.05) is 14.0 Å². The van der Waals surface area contributed by atoms with Gasteiger partial charge in [-0.2, -0.15) is 0 Å². The van der Waals surface area contributed by atoms with Crippen LogP contribution < -0.4 is 15.4 Å². The summed E-state index contributed by atoms with van der Waals surface area (Å²) >= 11 is 0. The zero-order valence-electron chi connectivity index (χ0n) is 15.4. The van der Waals surface area contributed by atoms with E-state index < -0.39 is 0 Å². The maximum Gasteiger partial charge on any atom is 0.191 e. The summed E-state index contributed by atoms with van der Waals surface area (Å²) < 4.78 is 24.2. The molecule has 0 fully saturated rings. The largest absolute Gasteiger partial charge is 0.486 e. The highest BCUT2D eigenvalue weighted by molar-refractivity contribution is 14.0. The summed E-state index contributed by atoms with van der Waals surface area (Å²) in [5, 5.41) is 6.41. The van der Waals surface area contributed by atoms with Gasteiger partial charge in [-0.1, -0.05) is 12.1 Å². The molecule has 0 radical (unpaired) electrons. The minimum atomic E-state index is -0.356. The molecule has 1 aromatic rings. The molecule has 0 aliphatic carbocycles. The van der Waals surface area contributed by atoms with Crippen LogP contribution in [-0.2, 0) is 4.74 Å². The van der Waals surface area contributed by atoms with Gasteiger partial charge in [0.25, 0.3) is 0 Å². The van der Waals surface area contributed by atoms with Crippen LogP contribution in [0.15, 0.2) is 29.3 Å². The minimum absolute atomic E-state index is 0. The molecular weight excluding hydrogens is 438 g/mol. The molecule has 0 saturated heterocycles. The van der Waals surface area contributed by atoms with E-state index in [9.17, 15) is 4.39 Å². The Labute approximate surface area is 167 Å². The van der Waals surface area contributed by atoms with E-state index in [1.54, 1.807) is 32.4 Å². The number of hydrogen-bond donors (Lipinski definition) is 2. The van der Waals surface area contributed by atoms with Crippen molar-refractivity contribution in [3.05, 3.63) is 30.1 Å². The molecule has 0 amide bonds. The molecule has 0 saturated carbocycles. The quantitative estimate of drug-likeness (QED) is 0.313. The highest BCUT2D eigenvalue weighted by Crippen LogP contribution is 2.16. The Morgan fingerprint density at radius 2 is 2.00 bits per heavy atom. The number of nitrogens with one attached hydrogen (secondary N) is 2. The molecule has 0 spiro atoms. The van der Waals surface area contributed by atoms with Crippen molar-refractivity contribution in [2.24, 2.45) is 4.99 Å². The first-order chi connectivity index (χ1) is 11.6. The number of rotatable bonds is 10. The second kappa shape index (κ2) is 14.1. The van der Waals surface area contributed by atoms with Crippen molar-refractivity contribution in [3.8, 4) is 5.75 Å². The van der Waals surface area contributed by atoms with E-state index in [0.717, 1.165) is 19.6 Å². The maximum absolute atomic E-state index is 13.6. The van der Waals surface area contributed by atoms with Gasteiger partial charge in [-0.25, -0.2) is 4.39 Å².